The van der Waals surface area contributed by atoms with Crippen molar-refractivity contribution < 1.29 is 128 Å². The van der Waals surface area contributed by atoms with Crippen LogP contribution in [0.2, 0.25) is 0 Å². The zero-order chi connectivity index (χ0) is 51.0. The molecule has 2 amide bonds. The molecule has 12 atom stereocenters. The van der Waals surface area contributed by atoms with Gasteiger partial charge in [-0.05, 0) is 0 Å². The molecule has 0 aromatic heterocycles. The van der Waals surface area contributed by atoms with E-state index in [1.54, 1.807) is 0 Å². The maximum absolute atomic E-state index is 12.1. The van der Waals surface area contributed by atoms with Crippen molar-refractivity contribution in [1.82, 2.24) is 10.6 Å². The summed E-state index contributed by atoms with van der Waals surface area (Å²) in [5, 5.41) is 140. The standard InChI is InChI=1S/C40H80N2O26/c43-5-29(47)9-61-13-33(51)17-65-21-37(55)25-67-23-35(53)19-63-15-31(49)11-59-7-27(45)3-41-39(57)1-2-40(58)42-4-28(46)8-60-12-32(50)16-64-20-36(54)24-68-26-38(56)22-66-18-34(52)14-62-10-30(48)6-44/h27-38,43-56H,1-26H2,(H,41,57)(H,42,58). The summed E-state index contributed by atoms with van der Waals surface area (Å²) >= 11 is 0. The van der Waals surface area contributed by atoms with Gasteiger partial charge in [-0.1, -0.05) is 0 Å². The van der Waals surface area contributed by atoms with Gasteiger partial charge in [0.2, 0.25) is 11.8 Å². The van der Waals surface area contributed by atoms with Gasteiger partial charge >= 0.3 is 0 Å². The lowest BCUT2D eigenvalue weighted by atomic mass is 10.2. The summed E-state index contributed by atoms with van der Waals surface area (Å²) in [5.74, 6) is -1.07. The van der Waals surface area contributed by atoms with Crippen LogP contribution in [0.25, 0.3) is 0 Å². The van der Waals surface area contributed by atoms with Gasteiger partial charge in [-0.3, -0.25) is 9.59 Å². The molecule has 0 radical (unpaired) electrons. The second-order valence-corrected chi connectivity index (χ2v) is 15.7. The first-order chi connectivity index (χ1) is 32.4. The molecule has 0 fully saturated rings. The molecule has 28 heteroatoms. The average Bonchev–Trinajstić information content (AvgIpc) is 3.29. The van der Waals surface area contributed by atoms with E-state index in [9.17, 15) is 70.9 Å². The largest absolute Gasteiger partial charge is 0.394 e. The quantitative estimate of drug-likeness (QED) is 0.0269. The average molecular weight is 1010 g/mol. The molecule has 12 unspecified atom stereocenters. The van der Waals surface area contributed by atoms with Crippen molar-refractivity contribution in [3.05, 3.63) is 0 Å². The molecule has 0 bridgehead atoms. The van der Waals surface area contributed by atoms with E-state index < -0.39 is 98.3 Å². The summed E-state index contributed by atoms with van der Waals surface area (Å²) in [7, 11) is 0. The summed E-state index contributed by atoms with van der Waals surface area (Å²) in [4.78, 5) is 24.2. The zero-order valence-corrected chi connectivity index (χ0v) is 38.5. The van der Waals surface area contributed by atoms with E-state index in [4.69, 9.17) is 57.6 Å². The van der Waals surface area contributed by atoms with E-state index in [0.29, 0.717) is 0 Å². The summed E-state index contributed by atoms with van der Waals surface area (Å²) in [5.41, 5.74) is 0. The molecule has 0 aromatic rings. The smallest absolute Gasteiger partial charge is 0.220 e. The van der Waals surface area contributed by atoms with E-state index in [2.05, 4.69) is 10.6 Å². The van der Waals surface area contributed by atoms with E-state index in [1.165, 1.54) is 0 Å². The van der Waals surface area contributed by atoms with Crippen LogP contribution in [0.4, 0.5) is 0 Å². The SMILES string of the molecule is O=C(CCC(=O)NCC(O)COCC(O)COCC(O)COCC(O)COCC(O)COCC(O)CO)NCC(O)COCC(O)COCC(O)COCC(O)COCC(O)COCC(O)CO. The van der Waals surface area contributed by atoms with Crippen molar-refractivity contribution in [3.63, 3.8) is 0 Å². The van der Waals surface area contributed by atoms with Crippen molar-refractivity contribution in [2.45, 2.75) is 86.1 Å². The van der Waals surface area contributed by atoms with Crippen LogP contribution < -0.4 is 10.6 Å². The fourth-order valence-corrected chi connectivity index (χ4v) is 4.88. The molecule has 0 aliphatic carbocycles. The number of hydrogen-bond donors (Lipinski definition) is 16. The summed E-state index contributed by atoms with van der Waals surface area (Å²) in [6, 6.07) is 0. The molecular formula is C40H80N2O26. The van der Waals surface area contributed by atoms with Crippen LogP contribution in [0.15, 0.2) is 0 Å². The molecule has 68 heavy (non-hydrogen) atoms. The number of hydrogen-bond acceptors (Lipinski definition) is 26. The number of aliphatic hydroxyl groups excluding tert-OH is 14. The number of ether oxygens (including phenoxy) is 10. The number of carbonyl (C=O) groups excluding carboxylic acids is 2. The number of rotatable bonds is 49. The summed E-state index contributed by atoms with van der Waals surface area (Å²) in [6.45, 7) is -5.10. The van der Waals surface area contributed by atoms with Crippen LogP contribution in [0.5, 0.6) is 0 Å². The highest BCUT2D eigenvalue weighted by Crippen LogP contribution is 2.00. The van der Waals surface area contributed by atoms with Crippen LogP contribution in [-0.4, -0.2) is 315 Å². The Hall–Kier alpha value is -2.02. The van der Waals surface area contributed by atoms with Crippen LogP contribution in [-0.2, 0) is 57.0 Å². The highest BCUT2D eigenvalue weighted by molar-refractivity contribution is 5.83. The third-order valence-corrected chi connectivity index (χ3v) is 8.28. The van der Waals surface area contributed by atoms with Gasteiger partial charge < -0.3 is 129 Å². The second-order valence-electron chi connectivity index (χ2n) is 15.7. The minimum absolute atomic E-state index is 0.139. The monoisotopic (exact) mass is 1000 g/mol. The maximum Gasteiger partial charge on any atom is 0.220 e. The highest BCUT2D eigenvalue weighted by atomic mass is 16.6. The van der Waals surface area contributed by atoms with Gasteiger partial charge in [0.05, 0.1) is 158 Å². The summed E-state index contributed by atoms with van der Waals surface area (Å²) < 4.78 is 51.6. The Balaban J connectivity index is 3.84. The molecule has 0 aliphatic rings. The van der Waals surface area contributed by atoms with Gasteiger partial charge in [0, 0.05) is 25.9 Å². The van der Waals surface area contributed by atoms with Crippen LogP contribution >= 0.6 is 0 Å². The fraction of sp³-hybridized carbons (Fsp3) is 0.950. The van der Waals surface area contributed by atoms with E-state index in [-0.39, 0.29) is 158 Å². The zero-order valence-electron chi connectivity index (χ0n) is 38.5. The van der Waals surface area contributed by atoms with Crippen LogP contribution in [0.1, 0.15) is 12.8 Å². The third-order valence-electron chi connectivity index (χ3n) is 8.28. The molecular weight excluding hydrogens is 924 g/mol. The predicted octanol–water partition coefficient (Wildman–Crippen LogP) is -9.52. The van der Waals surface area contributed by atoms with Gasteiger partial charge in [-0.25, -0.2) is 0 Å². The molecule has 28 nitrogen and oxygen atoms in total. The van der Waals surface area contributed by atoms with Crippen molar-refractivity contribution >= 4 is 11.8 Å². The van der Waals surface area contributed by atoms with E-state index in [0.717, 1.165) is 0 Å². The lowest BCUT2D eigenvalue weighted by molar-refractivity contribution is -0.127. The Morgan fingerprint density at radius 1 is 0.265 bits per heavy atom. The van der Waals surface area contributed by atoms with E-state index in [1.807, 2.05) is 0 Å². The first-order valence-electron chi connectivity index (χ1n) is 22.1. The Kier molecular flexibility index (Phi) is 42.4. The Bertz CT molecular complexity index is 1090. The predicted molar refractivity (Wildman–Crippen MR) is 230 cm³/mol. The second kappa shape index (κ2) is 43.7. The molecule has 0 aliphatic heterocycles. The van der Waals surface area contributed by atoms with Crippen molar-refractivity contribution in [2.75, 3.05) is 158 Å². The van der Waals surface area contributed by atoms with Crippen LogP contribution in [0.3, 0.4) is 0 Å². The van der Waals surface area contributed by atoms with E-state index >= 15 is 0 Å². The number of nitrogens with one attached hydrogen (secondary N) is 2. The Labute approximate surface area is 395 Å². The molecule has 16 N–H and O–H groups in total. The molecule has 0 saturated carbocycles. The number of carbonyl (C=O) groups is 2. The van der Waals surface area contributed by atoms with Crippen molar-refractivity contribution in [1.29, 1.82) is 0 Å². The Morgan fingerprint density at radius 3 is 0.574 bits per heavy atom. The van der Waals surface area contributed by atoms with Gasteiger partial charge in [0.15, 0.2) is 0 Å². The first-order valence-corrected chi connectivity index (χ1v) is 22.1. The van der Waals surface area contributed by atoms with Gasteiger partial charge in [0.1, 0.15) is 61.0 Å². The molecule has 406 valence electrons. The first kappa shape index (κ1) is 66.0. The van der Waals surface area contributed by atoms with Gasteiger partial charge in [-0.2, -0.15) is 0 Å². The van der Waals surface area contributed by atoms with Crippen molar-refractivity contribution in [2.24, 2.45) is 0 Å². The van der Waals surface area contributed by atoms with Gasteiger partial charge in [-0.15, -0.1) is 0 Å². The lowest BCUT2D eigenvalue weighted by Crippen LogP contribution is -2.37. The third kappa shape index (κ3) is 42.8. The van der Waals surface area contributed by atoms with Crippen molar-refractivity contribution in [3.8, 4) is 0 Å². The van der Waals surface area contributed by atoms with Crippen LogP contribution in [0, 0.1) is 0 Å². The minimum atomic E-state index is -1.13. The molecule has 0 spiro atoms. The lowest BCUT2D eigenvalue weighted by Gasteiger charge is -2.18. The normalized spacial score (nSPS) is 17.3. The number of amides is 2. The molecule has 0 aromatic carbocycles. The minimum Gasteiger partial charge on any atom is -0.394 e. The summed E-state index contributed by atoms with van der Waals surface area (Å²) in [6.07, 6.45) is -13.3. The fourth-order valence-electron chi connectivity index (χ4n) is 4.88. The Morgan fingerprint density at radius 2 is 0.412 bits per heavy atom. The molecule has 0 heterocycles. The molecule has 0 rings (SSSR count). The van der Waals surface area contributed by atoms with Gasteiger partial charge in [0.25, 0.3) is 0 Å². The molecule has 0 saturated heterocycles. The highest BCUT2D eigenvalue weighted by Gasteiger charge is 2.17. The maximum atomic E-state index is 12.1. The topological polar surface area (TPSA) is 434 Å². The number of aliphatic hydroxyl groups is 14.